The topological polar surface area (TPSA) is 92.8 Å². The van der Waals surface area contributed by atoms with Gasteiger partial charge in [-0.3, -0.25) is 4.79 Å². The van der Waals surface area contributed by atoms with Crippen LogP contribution in [0.25, 0.3) is 0 Å². The molecule has 0 aromatic heterocycles. The number of halogens is 1. The summed E-state index contributed by atoms with van der Waals surface area (Å²) in [6, 6.07) is 12.3. The number of rotatable bonds is 6. The van der Waals surface area contributed by atoms with Gasteiger partial charge in [-0.25, -0.2) is 13.2 Å². The highest BCUT2D eigenvalue weighted by atomic mass is 35.5. The van der Waals surface area contributed by atoms with Gasteiger partial charge in [-0.15, -0.1) is 0 Å². The van der Waals surface area contributed by atoms with Crippen LogP contribution in [-0.2, 0) is 19.6 Å². The number of hydrogen-bond donors (Lipinski definition) is 1. The first-order valence-electron chi connectivity index (χ1n) is 10.1. The number of amides is 1. The van der Waals surface area contributed by atoms with Gasteiger partial charge in [-0.05, 0) is 56.2 Å². The second kappa shape index (κ2) is 10.3. The number of benzene rings is 2. The Labute approximate surface area is 187 Å². The summed E-state index contributed by atoms with van der Waals surface area (Å²) in [5.41, 5.74) is 0.546. The molecule has 2 aromatic carbocycles. The van der Waals surface area contributed by atoms with E-state index in [-0.39, 0.29) is 10.5 Å². The largest absolute Gasteiger partial charge is 0.449 e. The molecule has 166 valence electrons. The van der Waals surface area contributed by atoms with Crippen LogP contribution in [0.4, 0.5) is 5.69 Å². The van der Waals surface area contributed by atoms with Crippen LogP contribution in [-0.4, -0.2) is 43.8 Å². The van der Waals surface area contributed by atoms with Crippen molar-refractivity contribution >= 4 is 39.2 Å². The maximum absolute atomic E-state index is 13.0. The molecular formula is C22H25ClN2O5S. The van der Waals surface area contributed by atoms with Crippen molar-refractivity contribution in [2.24, 2.45) is 0 Å². The van der Waals surface area contributed by atoms with E-state index in [1.165, 1.54) is 35.5 Å². The third kappa shape index (κ3) is 6.06. The van der Waals surface area contributed by atoms with E-state index in [1.54, 1.807) is 24.3 Å². The Bertz CT molecular complexity index is 1050. The Kier molecular flexibility index (Phi) is 7.69. The Balaban J connectivity index is 1.68. The van der Waals surface area contributed by atoms with E-state index in [0.717, 1.165) is 25.7 Å². The second-order valence-corrected chi connectivity index (χ2v) is 9.77. The summed E-state index contributed by atoms with van der Waals surface area (Å²) in [5, 5.41) is 3.08. The molecule has 0 spiro atoms. The van der Waals surface area contributed by atoms with Gasteiger partial charge in [0.15, 0.2) is 6.10 Å². The molecule has 31 heavy (non-hydrogen) atoms. The number of esters is 1. The molecule has 9 heteroatoms. The first-order chi connectivity index (χ1) is 14.8. The van der Waals surface area contributed by atoms with Crippen molar-refractivity contribution in [3.63, 3.8) is 0 Å². The molecule has 7 nitrogen and oxygen atoms in total. The van der Waals surface area contributed by atoms with Crippen LogP contribution in [0, 0.1) is 0 Å². The lowest BCUT2D eigenvalue weighted by molar-refractivity contribution is -0.123. The third-order valence-corrected chi connectivity index (χ3v) is 7.15. The average molecular weight is 465 g/mol. The molecule has 1 fully saturated rings. The van der Waals surface area contributed by atoms with E-state index >= 15 is 0 Å². The zero-order valence-electron chi connectivity index (χ0n) is 17.2. The van der Waals surface area contributed by atoms with Crippen LogP contribution < -0.4 is 5.32 Å². The van der Waals surface area contributed by atoms with Crippen molar-refractivity contribution in [1.82, 2.24) is 4.31 Å². The number of nitrogens with zero attached hydrogens (tertiary/aromatic N) is 1. The average Bonchev–Trinajstić information content (AvgIpc) is 3.04. The number of anilines is 1. The van der Waals surface area contributed by atoms with Crippen LogP contribution in [0.5, 0.6) is 0 Å². The summed E-state index contributed by atoms with van der Waals surface area (Å²) in [4.78, 5) is 24.9. The molecule has 1 saturated heterocycles. The van der Waals surface area contributed by atoms with E-state index in [4.69, 9.17) is 16.3 Å². The fourth-order valence-electron chi connectivity index (χ4n) is 3.31. The zero-order valence-corrected chi connectivity index (χ0v) is 18.8. The molecule has 1 aliphatic rings. The SMILES string of the molecule is CC(OC(=O)c1cccc(S(=O)(=O)N2CCCCCC2)c1)C(=O)Nc1cccc(Cl)c1. The number of sulfonamides is 1. The van der Waals surface area contributed by atoms with Crippen molar-refractivity contribution in [3.05, 3.63) is 59.1 Å². The van der Waals surface area contributed by atoms with E-state index in [2.05, 4.69) is 5.32 Å². The Hall–Kier alpha value is -2.42. The second-order valence-electron chi connectivity index (χ2n) is 7.39. The maximum atomic E-state index is 13.0. The summed E-state index contributed by atoms with van der Waals surface area (Å²) in [6.45, 7) is 2.38. The van der Waals surface area contributed by atoms with Crippen LogP contribution in [0.3, 0.4) is 0 Å². The highest BCUT2D eigenvalue weighted by Gasteiger charge is 2.26. The van der Waals surface area contributed by atoms with Gasteiger partial charge in [0.2, 0.25) is 10.0 Å². The monoisotopic (exact) mass is 464 g/mol. The molecule has 0 saturated carbocycles. The lowest BCUT2D eigenvalue weighted by Gasteiger charge is -2.20. The maximum Gasteiger partial charge on any atom is 0.338 e. The molecule has 2 aromatic rings. The van der Waals surface area contributed by atoms with Crippen molar-refractivity contribution in [2.75, 3.05) is 18.4 Å². The molecule has 1 aliphatic heterocycles. The standard InChI is InChI=1S/C22H25ClN2O5S/c1-16(21(26)24-19-10-7-9-18(23)15-19)30-22(27)17-8-6-11-20(14-17)31(28,29)25-12-4-2-3-5-13-25/h6-11,14-16H,2-5,12-13H2,1H3,(H,24,26). The molecule has 0 radical (unpaired) electrons. The first kappa shape index (κ1) is 23.2. The first-order valence-corrected chi connectivity index (χ1v) is 12.0. The van der Waals surface area contributed by atoms with Gasteiger partial charge in [0.1, 0.15) is 0 Å². The number of nitrogens with one attached hydrogen (secondary N) is 1. The number of hydrogen-bond acceptors (Lipinski definition) is 5. The van der Waals surface area contributed by atoms with Gasteiger partial charge in [0.25, 0.3) is 5.91 Å². The van der Waals surface area contributed by atoms with Crippen molar-refractivity contribution in [3.8, 4) is 0 Å². The minimum absolute atomic E-state index is 0.0416. The fraction of sp³-hybridized carbons (Fsp3) is 0.364. The summed E-state index contributed by atoms with van der Waals surface area (Å²) >= 11 is 5.90. The molecule has 1 heterocycles. The third-order valence-electron chi connectivity index (χ3n) is 5.02. The molecule has 1 amide bonds. The molecule has 0 aliphatic carbocycles. The lowest BCUT2D eigenvalue weighted by atomic mass is 10.2. The molecular weight excluding hydrogens is 440 g/mol. The van der Waals surface area contributed by atoms with E-state index in [1.807, 2.05) is 0 Å². The van der Waals surface area contributed by atoms with Crippen LogP contribution in [0.1, 0.15) is 43.0 Å². The van der Waals surface area contributed by atoms with Gasteiger partial charge in [0, 0.05) is 23.8 Å². The summed E-state index contributed by atoms with van der Waals surface area (Å²) in [6.07, 6.45) is 2.57. The van der Waals surface area contributed by atoms with Crippen molar-refractivity contribution in [2.45, 2.75) is 43.6 Å². The fourth-order valence-corrected chi connectivity index (χ4v) is 5.06. The molecule has 0 bridgehead atoms. The minimum Gasteiger partial charge on any atom is -0.449 e. The number of ether oxygens (including phenoxy) is 1. The molecule has 1 N–H and O–H groups in total. The smallest absolute Gasteiger partial charge is 0.338 e. The van der Waals surface area contributed by atoms with Crippen molar-refractivity contribution < 1.29 is 22.7 Å². The van der Waals surface area contributed by atoms with Crippen LogP contribution in [0.15, 0.2) is 53.4 Å². The number of carbonyl (C=O) groups is 2. The van der Waals surface area contributed by atoms with Gasteiger partial charge in [-0.2, -0.15) is 4.31 Å². The lowest BCUT2D eigenvalue weighted by Crippen LogP contribution is -2.32. The summed E-state index contributed by atoms with van der Waals surface area (Å²) < 4.78 is 32.7. The van der Waals surface area contributed by atoms with E-state index in [9.17, 15) is 18.0 Å². The Morgan fingerprint density at radius 2 is 1.71 bits per heavy atom. The summed E-state index contributed by atoms with van der Waals surface area (Å²) in [5.74, 6) is -1.30. The minimum atomic E-state index is -3.70. The van der Waals surface area contributed by atoms with Gasteiger partial charge >= 0.3 is 5.97 Å². The van der Waals surface area contributed by atoms with Gasteiger partial charge in [0.05, 0.1) is 10.5 Å². The molecule has 1 atom stereocenters. The summed E-state index contributed by atoms with van der Waals surface area (Å²) in [7, 11) is -3.70. The number of carbonyl (C=O) groups excluding carboxylic acids is 2. The quantitative estimate of drug-likeness (QED) is 0.650. The molecule has 3 rings (SSSR count). The normalized spacial score (nSPS) is 16.2. The van der Waals surface area contributed by atoms with Gasteiger partial charge in [-0.1, -0.05) is 36.6 Å². The van der Waals surface area contributed by atoms with Crippen LogP contribution in [0.2, 0.25) is 5.02 Å². The zero-order chi connectivity index (χ0) is 22.4. The van der Waals surface area contributed by atoms with Gasteiger partial charge < -0.3 is 10.1 Å². The highest BCUT2D eigenvalue weighted by molar-refractivity contribution is 7.89. The predicted molar refractivity (Wildman–Crippen MR) is 119 cm³/mol. The predicted octanol–water partition coefficient (Wildman–Crippen LogP) is 4.09. The highest BCUT2D eigenvalue weighted by Crippen LogP contribution is 2.22. The van der Waals surface area contributed by atoms with E-state index < -0.39 is 28.0 Å². The Morgan fingerprint density at radius 3 is 2.39 bits per heavy atom. The van der Waals surface area contributed by atoms with Crippen molar-refractivity contribution in [1.29, 1.82) is 0 Å². The molecule has 1 unspecified atom stereocenters. The Morgan fingerprint density at radius 1 is 1.03 bits per heavy atom. The van der Waals surface area contributed by atoms with E-state index in [0.29, 0.717) is 23.8 Å². The van der Waals surface area contributed by atoms with Crippen LogP contribution >= 0.6 is 11.6 Å².